The fourth-order valence-corrected chi connectivity index (χ4v) is 2.31. The first-order valence-electron chi connectivity index (χ1n) is 7.89. The second-order valence-electron chi connectivity index (χ2n) is 5.38. The quantitative estimate of drug-likeness (QED) is 0.848. The fraction of sp³-hybridized carbons (Fsp3) is 0.316. The summed E-state index contributed by atoms with van der Waals surface area (Å²) in [6.07, 6.45) is 0. The highest BCUT2D eigenvalue weighted by Gasteiger charge is 2.06. The van der Waals surface area contributed by atoms with E-state index in [0.29, 0.717) is 19.7 Å². The molecule has 0 unspecified atom stereocenters. The van der Waals surface area contributed by atoms with E-state index >= 15 is 0 Å². The van der Waals surface area contributed by atoms with Gasteiger partial charge in [0.1, 0.15) is 5.75 Å². The Hall–Kier alpha value is -2.49. The number of hydrogen-bond acceptors (Lipinski definition) is 3. The molecule has 2 rings (SSSR count). The zero-order valence-corrected chi connectivity index (χ0v) is 14.0. The van der Waals surface area contributed by atoms with Crippen molar-refractivity contribution in [3.63, 3.8) is 0 Å². The summed E-state index contributed by atoms with van der Waals surface area (Å²) in [5.74, 6) is 0.967. The number of nitrogens with zero attached hydrogens (tertiary/aromatic N) is 1. The predicted octanol–water partition coefficient (Wildman–Crippen LogP) is 3.64. The molecule has 0 fully saturated rings. The van der Waals surface area contributed by atoms with E-state index < -0.39 is 0 Å². The minimum absolute atomic E-state index is 0.0752. The number of nitrogens with one attached hydrogen (secondary N) is 1. The number of hydrogen-bond donors (Lipinski definition) is 1. The highest BCUT2D eigenvalue weighted by atomic mass is 16.5. The third-order valence-electron chi connectivity index (χ3n) is 3.67. The predicted molar refractivity (Wildman–Crippen MR) is 94.8 cm³/mol. The van der Waals surface area contributed by atoms with Gasteiger partial charge < -0.3 is 15.0 Å². The molecule has 4 heteroatoms. The van der Waals surface area contributed by atoms with E-state index in [1.807, 2.05) is 37.3 Å². The van der Waals surface area contributed by atoms with Crippen LogP contribution >= 0.6 is 0 Å². The van der Waals surface area contributed by atoms with Crippen LogP contribution in [0.15, 0.2) is 48.5 Å². The summed E-state index contributed by atoms with van der Waals surface area (Å²) >= 11 is 0. The first-order chi connectivity index (χ1) is 11.1. The van der Waals surface area contributed by atoms with Gasteiger partial charge in [0, 0.05) is 38.3 Å². The molecule has 0 radical (unpaired) electrons. The molecular weight excluding hydrogens is 288 g/mol. The first-order valence-corrected chi connectivity index (χ1v) is 7.89. The van der Waals surface area contributed by atoms with Crippen LogP contribution < -0.4 is 10.1 Å². The van der Waals surface area contributed by atoms with Crippen molar-refractivity contribution in [2.75, 3.05) is 32.1 Å². The summed E-state index contributed by atoms with van der Waals surface area (Å²) in [7, 11) is 1.80. The normalized spacial score (nSPS) is 10.2. The molecule has 0 saturated heterocycles. The Balaban J connectivity index is 2.09. The van der Waals surface area contributed by atoms with Crippen molar-refractivity contribution in [3.05, 3.63) is 48.5 Å². The SMILES string of the molecule is CCOc1ccccc1-c1cccc(NCCN(C)C(C)=O)c1. The van der Waals surface area contributed by atoms with Crippen molar-refractivity contribution in [1.29, 1.82) is 0 Å². The van der Waals surface area contributed by atoms with Gasteiger partial charge in [0.25, 0.3) is 0 Å². The third kappa shape index (κ3) is 4.74. The summed E-state index contributed by atoms with van der Waals surface area (Å²) in [4.78, 5) is 12.9. The number of rotatable bonds is 7. The largest absolute Gasteiger partial charge is 0.493 e. The van der Waals surface area contributed by atoms with Crippen LogP contribution in [0.4, 0.5) is 5.69 Å². The Morgan fingerprint density at radius 3 is 2.70 bits per heavy atom. The number of anilines is 1. The van der Waals surface area contributed by atoms with Crippen LogP contribution in [0.25, 0.3) is 11.1 Å². The van der Waals surface area contributed by atoms with Gasteiger partial charge in [-0.05, 0) is 30.7 Å². The standard InChI is InChI=1S/C19H24N2O2/c1-4-23-19-11-6-5-10-18(19)16-8-7-9-17(14-16)20-12-13-21(3)15(2)22/h5-11,14,20H,4,12-13H2,1-3H3. The summed E-state index contributed by atoms with van der Waals surface area (Å²) in [5, 5.41) is 3.36. The molecular formula is C19H24N2O2. The van der Waals surface area contributed by atoms with Crippen molar-refractivity contribution in [2.24, 2.45) is 0 Å². The van der Waals surface area contributed by atoms with E-state index in [4.69, 9.17) is 4.74 Å². The fourth-order valence-electron chi connectivity index (χ4n) is 2.31. The minimum atomic E-state index is 0.0752. The molecule has 0 aliphatic carbocycles. The van der Waals surface area contributed by atoms with Crippen molar-refractivity contribution in [3.8, 4) is 16.9 Å². The zero-order valence-electron chi connectivity index (χ0n) is 14.0. The second-order valence-corrected chi connectivity index (χ2v) is 5.38. The van der Waals surface area contributed by atoms with Crippen molar-refractivity contribution in [1.82, 2.24) is 4.90 Å². The van der Waals surface area contributed by atoms with Crippen LogP contribution in [0.2, 0.25) is 0 Å². The molecule has 1 N–H and O–H groups in total. The monoisotopic (exact) mass is 312 g/mol. The molecule has 0 atom stereocenters. The third-order valence-corrected chi connectivity index (χ3v) is 3.67. The van der Waals surface area contributed by atoms with Crippen LogP contribution in [0.3, 0.4) is 0 Å². The Kier molecular flexibility index (Phi) is 6.03. The maximum absolute atomic E-state index is 11.2. The van der Waals surface area contributed by atoms with E-state index in [-0.39, 0.29) is 5.91 Å². The van der Waals surface area contributed by atoms with Gasteiger partial charge in [-0.3, -0.25) is 4.79 Å². The number of ether oxygens (including phenoxy) is 1. The summed E-state index contributed by atoms with van der Waals surface area (Å²) < 4.78 is 5.71. The molecule has 23 heavy (non-hydrogen) atoms. The number of carbonyl (C=O) groups is 1. The zero-order chi connectivity index (χ0) is 16.7. The van der Waals surface area contributed by atoms with Gasteiger partial charge in [0.05, 0.1) is 6.61 Å². The van der Waals surface area contributed by atoms with Gasteiger partial charge >= 0.3 is 0 Å². The molecule has 4 nitrogen and oxygen atoms in total. The number of amides is 1. The molecule has 2 aromatic carbocycles. The van der Waals surface area contributed by atoms with Crippen LogP contribution in [0.1, 0.15) is 13.8 Å². The maximum Gasteiger partial charge on any atom is 0.219 e. The summed E-state index contributed by atoms with van der Waals surface area (Å²) in [5.41, 5.74) is 3.23. The smallest absolute Gasteiger partial charge is 0.219 e. The highest BCUT2D eigenvalue weighted by Crippen LogP contribution is 2.31. The van der Waals surface area contributed by atoms with Crippen molar-refractivity contribution < 1.29 is 9.53 Å². The van der Waals surface area contributed by atoms with Crippen LogP contribution in [0.5, 0.6) is 5.75 Å². The van der Waals surface area contributed by atoms with E-state index in [0.717, 1.165) is 22.6 Å². The lowest BCUT2D eigenvalue weighted by atomic mass is 10.0. The van der Waals surface area contributed by atoms with E-state index in [9.17, 15) is 4.79 Å². The lowest BCUT2D eigenvalue weighted by molar-refractivity contribution is -0.127. The van der Waals surface area contributed by atoms with E-state index in [1.165, 1.54) is 0 Å². The van der Waals surface area contributed by atoms with Gasteiger partial charge in [-0.2, -0.15) is 0 Å². The average Bonchev–Trinajstić information content (AvgIpc) is 2.56. The van der Waals surface area contributed by atoms with Gasteiger partial charge in [-0.15, -0.1) is 0 Å². The van der Waals surface area contributed by atoms with E-state index in [1.54, 1.807) is 18.9 Å². The Morgan fingerprint density at radius 2 is 1.96 bits per heavy atom. The average molecular weight is 312 g/mol. The second kappa shape index (κ2) is 8.22. The van der Waals surface area contributed by atoms with Crippen molar-refractivity contribution >= 4 is 11.6 Å². The van der Waals surface area contributed by atoms with Gasteiger partial charge in [-0.1, -0.05) is 30.3 Å². The molecule has 2 aromatic rings. The Morgan fingerprint density at radius 1 is 1.17 bits per heavy atom. The maximum atomic E-state index is 11.2. The minimum Gasteiger partial charge on any atom is -0.493 e. The van der Waals surface area contributed by atoms with Crippen molar-refractivity contribution in [2.45, 2.75) is 13.8 Å². The van der Waals surface area contributed by atoms with Crippen LogP contribution in [0, 0.1) is 0 Å². The number of benzene rings is 2. The Bertz CT molecular complexity index is 655. The highest BCUT2D eigenvalue weighted by molar-refractivity contribution is 5.74. The summed E-state index contributed by atoms with van der Waals surface area (Å²) in [6.45, 7) is 5.60. The lowest BCUT2D eigenvalue weighted by Crippen LogP contribution is -2.29. The first kappa shape index (κ1) is 16.9. The van der Waals surface area contributed by atoms with Gasteiger partial charge in [0.2, 0.25) is 5.91 Å². The summed E-state index contributed by atoms with van der Waals surface area (Å²) in [6, 6.07) is 16.3. The number of carbonyl (C=O) groups excluding carboxylic acids is 1. The molecule has 122 valence electrons. The molecule has 0 bridgehead atoms. The number of para-hydroxylation sites is 1. The molecule has 0 aromatic heterocycles. The van der Waals surface area contributed by atoms with E-state index in [2.05, 4.69) is 23.5 Å². The number of likely N-dealkylation sites (N-methyl/N-ethyl adjacent to an activating group) is 1. The van der Waals surface area contributed by atoms with Crippen LogP contribution in [-0.4, -0.2) is 37.6 Å². The molecule has 0 aliphatic heterocycles. The molecule has 0 aliphatic rings. The lowest BCUT2D eigenvalue weighted by Gasteiger charge is -2.16. The van der Waals surface area contributed by atoms with Crippen LogP contribution in [-0.2, 0) is 4.79 Å². The Labute approximate surface area is 138 Å². The topological polar surface area (TPSA) is 41.6 Å². The molecule has 0 saturated carbocycles. The van der Waals surface area contributed by atoms with Gasteiger partial charge in [-0.25, -0.2) is 0 Å². The van der Waals surface area contributed by atoms with Gasteiger partial charge in [0.15, 0.2) is 0 Å². The molecule has 1 amide bonds. The molecule has 0 spiro atoms. The molecule has 0 heterocycles.